The van der Waals surface area contributed by atoms with Crippen LogP contribution < -0.4 is 4.90 Å². The SMILES string of the molecule is Cc1noc(-c2cccnc2N2CCC(OCC3CCOC3)CC2)n1. The molecule has 2 aliphatic heterocycles. The molecule has 7 nitrogen and oxygen atoms in total. The molecule has 2 fully saturated rings. The zero-order chi connectivity index (χ0) is 17.1. The van der Waals surface area contributed by atoms with E-state index in [2.05, 4.69) is 20.0 Å². The van der Waals surface area contributed by atoms with E-state index in [4.69, 9.17) is 14.0 Å². The van der Waals surface area contributed by atoms with Crippen molar-refractivity contribution in [1.82, 2.24) is 15.1 Å². The number of aromatic nitrogens is 3. The first-order valence-electron chi connectivity index (χ1n) is 8.99. The molecule has 0 aromatic carbocycles. The minimum atomic E-state index is 0.328. The molecule has 0 saturated carbocycles. The van der Waals surface area contributed by atoms with Gasteiger partial charge in [0, 0.05) is 31.8 Å². The standard InChI is InChI=1S/C18H24N4O3/c1-13-20-18(25-21-13)16-3-2-7-19-17(16)22-8-4-15(5-9-22)24-12-14-6-10-23-11-14/h2-3,7,14-15H,4-6,8-12H2,1H3. The van der Waals surface area contributed by atoms with Crippen molar-refractivity contribution >= 4 is 5.82 Å². The summed E-state index contributed by atoms with van der Waals surface area (Å²) in [6.45, 7) is 6.21. The second-order valence-electron chi connectivity index (χ2n) is 6.77. The summed E-state index contributed by atoms with van der Waals surface area (Å²) >= 11 is 0. The number of ether oxygens (including phenoxy) is 2. The van der Waals surface area contributed by atoms with Crippen LogP contribution in [0, 0.1) is 12.8 Å². The number of hydrogen-bond donors (Lipinski definition) is 0. The monoisotopic (exact) mass is 344 g/mol. The molecule has 0 aliphatic carbocycles. The Morgan fingerprint density at radius 2 is 2.16 bits per heavy atom. The lowest BCUT2D eigenvalue weighted by Crippen LogP contribution is -2.38. The van der Waals surface area contributed by atoms with E-state index in [0.29, 0.717) is 23.7 Å². The van der Waals surface area contributed by atoms with Crippen LogP contribution in [0.2, 0.25) is 0 Å². The smallest absolute Gasteiger partial charge is 0.261 e. The van der Waals surface area contributed by atoms with Gasteiger partial charge in [-0.3, -0.25) is 0 Å². The number of pyridine rings is 1. The van der Waals surface area contributed by atoms with Gasteiger partial charge in [-0.15, -0.1) is 0 Å². The highest BCUT2D eigenvalue weighted by atomic mass is 16.5. The quantitative estimate of drug-likeness (QED) is 0.825. The number of hydrogen-bond acceptors (Lipinski definition) is 7. The van der Waals surface area contributed by atoms with Crippen LogP contribution in [0.3, 0.4) is 0 Å². The van der Waals surface area contributed by atoms with Crippen LogP contribution in [0.1, 0.15) is 25.1 Å². The normalized spacial score (nSPS) is 21.8. The first-order valence-corrected chi connectivity index (χ1v) is 8.99. The van der Waals surface area contributed by atoms with E-state index >= 15 is 0 Å². The largest absolute Gasteiger partial charge is 0.381 e. The predicted octanol–water partition coefficient (Wildman–Crippen LogP) is 2.46. The molecule has 0 N–H and O–H groups in total. The molecule has 2 aromatic rings. The van der Waals surface area contributed by atoms with Gasteiger partial charge in [0.05, 0.1) is 24.9 Å². The van der Waals surface area contributed by atoms with E-state index in [1.54, 1.807) is 0 Å². The van der Waals surface area contributed by atoms with Gasteiger partial charge in [-0.2, -0.15) is 4.98 Å². The van der Waals surface area contributed by atoms with Gasteiger partial charge in [-0.05, 0) is 38.3 Å². The lowest BCUT2D eigenvalue weighted by atomic mass is 10.1. The van der Waals surface area contributed by atoms with Gasteiger partial charge in [0.15, 0.2) is 5.82 Å². The Hall–Kier alpha value is -1.99. The second kappa shape index (κ2) is 7.49. The zero-order valence-electron chi connectivity index (χ0n) is 14.6. The lowest BCUT2D eigenvalue weighted by Gasteiger charge is -2.33. The maximum absolute atomic E-state index is 6.10. The average Bonchev–Trinajstić information content (AvgIpc) is 3.32. The van der Waals surface area contributed by atoms with Crippen molar-refractivity contribution in [2.75, 3.05) is 37.8 Å². The number of anilines is 1. The van der Waals surface area contributed by atoms with E-state index in [1.807, 2.05) is 25.3 Å². The van der Waals surface area contributed by atoms with Crippen molar-refractivity contribution in [3.63, 3.8) is 0 Å². The van der Waals surface area contributed by atoms with Crippen LogP contribution in [0.15, 0.2) is 22.9 Å². The van der Waals surface area contributed by atoms with E-state index in [0.717, 1.165) is 63.6 Å². The van der Waals surface area contributed by atoms with Gasteiger partial charge >= 0.3 is 0 Å². The Morgan fingerprint density at radius 3 is 2.88 bits per heavy atom. The summed E-state index contributed by atoms with van der Waals surface area (Å²) in [6, 6.07) is 3.88. The topological polar surface area (TPSA) is 73.5 Å². The summed E-state index contributed by atoms with van der Waals surface area (Å²) in [5.41, 5.74) is 0.894. The minimum absolute atomic E-state index is 0.328. The Labute approximate surface area is 147 Å². The maximum atomic E-state index is 6.10. The molecular weight excluding hydrogens is 320 g/mol. The van der Waals surface area contributed by atoms with Crippen molar-refractivity contribution in [1.29, 1.82) is 0 Å². The number of rotatable bonds is 5. The minimum Gasteiger partial charge on any atom is -0.381 e. The molecule has 0 amide bonds. The van der Waals surface area contributed by atoms with Crippen LogP contribution in [0.25, 0.3) is 11.5 Å². The molecule has 2 aliphatic rings. The maximum Gasteiger partial charge on any atom is 0.261 e. The van der Waals surface area contributed by atoms with Gasteiger partial charge in [-0.25, -0.2) is 4.98 Å². The third kappa shape index (κ3) is 3.82. The predicted molar refractivity (Wildman–Crippen MR) is 92.4 cm³/mol. The van der Waals surface area contributed by atoms with Crippen LogP contribution in [-0.2, 0) is 9.47 Å². The summed E-state index contributed by atoms with van der Waals surface area (Å²) in [7, 11) is 0. The van der Waals surface area contributed by atoms with E-state index in [9.17, 15) is 0 Å². The van der Waals surface area contributed by atoms with Crippen LogP contribution in [0.4, 0.5) is 5.82 Å². The molecule has 0 radical (unpaired) electrons. The fraction of sp³-hybridized carbons (Fsp3) is 0.611. The van der Waals surface area contributed by atoms with Crippen molar-refractivity contribution in [2.24, 2.45) is 5.92 Å². The molecule has 1 atom stereocenters. The van der Waals surface area contributed by atoms with E-state index < -0.39 is 0 Å². The van der Waals surface area contributed by atoms with Crippen LogP contribution in [-0.4, -0.2) is 54.1 Å². The Bertz CT molecular complexity index is 691. The zero-order valence-corrected chi connectivity index (χ0v) is 14.6. The van der Waals surface area contributed by atoms with Crippen LogP contribution >= 0.6 is 0 Å². The highest BCUT2D eigenvalue weighted by Gasteiger charge is 2.25. The molecule has 134 valence electrons. The molecule has 2 aromatic heterocycles. The van der Waals surface area contributed by atoms with Gasteiger partial charge < -0.3 is 18.9 Å². The fourth-order valence-corrected chi connectivity index (χ4v) is 3.44. The summed E-state index contributed by atoms with van der Waals surface area (Å²) < 4.78 is 16.8. The molecule has 4 rings (SSSR count). The Kier molecular flexibility index (Phi) is 4.94. The third-order valence-electron chi connectivity index (χ3n) is 4.88. The average molecular weight is 344 g/mol. The summed E-state index contributed by atoms with van der Waals surface area (Å²) in [5, 5.41) is 3.89. The number of nitrogens with zero attached hydrogens (tertiary/aromatic N) is 4. The first-order chi connectivity index (χ1) is 12.3. The van der Waals surface area contributed by atoms with Gasteiger partial charge in [0.2, 0.25) is 0 Å². The van der Waals surface area contributed by atoms with E-state index in [-0.39, 0.29) is 0 Å². The third-order valence-corrected chi connectivity index (χ3v) is 4.88. The van der Waals surface area contributed by atoms with Gasteiger partial charge in [0.1, 0.15) is 5.82 Å². The molecule has 1 unspecified atom stereocenters. The molecular formula is C18H24N4O3. The first kappa shape index (κ1) is 16.5. The molecule has 0 bridgehead atoms. The summed E-state index contributed by atoms with van der Waals surface area (Å²) in [5.74, 6) is 2.64. The number of piperidine rings is 1. The molecule has 2 saturated heterocycles. The summed E-state index contributed by atoms with van der Waals surface area (Å²) in [4.78, 5) is 11.2. The molecule has 4 heterocycles. The highest BCUT2D eigenvalue weighted by Crippen LogP contribution is 2.30. The van der Waals surface area contributed by atoms with E-state index in [1.165, 1.54) is 0 Å². The molecule has 7 heteroatoms. The van der Waals surface area contributed by atoms with Crippen molar-refractivity contribution < 1.29 is 14.0 Å². The molecule has 25 heavy (non-hydrogen) atoms. The van der Waals surface area contributed by atoms with Crippen molar-refractivity contribution in [3.05, 3.63) is 24.2 Å². The number of aryl methyl sites for hydroxylation is 1. The van der Waals surface area contributed by atoms with Gasteiger partial charge in [-0.1, -0.05) is 5.16 Å². The summed E-state index contributed by atoms with van der Waals surface area (Å²) in [6.07, 6.45) is 5.28. The fourth-order valence-electron chi connectivity index (χ4n) is 3.44. The lowest BCUT2D eigenvalue weighted by molar-refractivity contribution is 0.0131. The Morgan fingerprint density at radius 1 is 1.28 bits per heavy atom. The van der Waals surface area contributed by atoms with Crippen molar-refractivity contribution in [3.8, 4) is 11.5 Å². The molecule has 0 spiro atoms. The second-order valence-corrected chi connectivity index (χ2v) is 6.77. The van der Waals surface area contributed by atoms with Gasteiger partial charge in [0.25, 0.3) is 5.89 Å². The highest BCUT2D eigenvalue weighted by molar-refractivity contribution is 5.69. The van der Waals surface area contributed by atoms with Crippen LogP contribution in [0.5, 0.6) is 0 Å². The van der Waals surface area contributed by atoms with Crippen molar-refractivity contribution in [2.45, 2.75) is 32.3 Å². The Balaban J connectivity index is 1.37.